The van der Waals surface area contributed by atoms with Crippen LogP contribution >= 0.6 is 11.6 Å². The molecule has 0 spiro atoms. The van der Waals surface area contributed by atoms with Gasteiger partial charge in [0.05, 0.1) is 24.0 Å². The molecule has 5 rings (SSSR count). The average Bonchev–Trinajstić information content (AvgIpc) is 3.31. The van der Waals surface area contributed by atoms with Gasteiger partial charge in [-0.1, -0.05) is 18.5 Å². The Labute approximate surface area is 202 Å². The van der Waals surface area contributed by atoms with E-state index in [2.05, 4.69) is 37.4 Å². The zero-order chi connectivity index (χ0) is 23.7. The van der Waals surface area contributed by atoms with Crippen LogP contribution in [0.3, 0.4) is 0 Å². The van der Waals surface area contributed by atoms with Crippen molar-refractivity contribution in [2.24, 2.45) is 11.8 Å². The lowest BCUT2D eigenvalue weighted by Gasteiger charge is -2.39. The Bertz CT molecular complexity index is 1150. The molecule has 9 nitrogen and oxygen atoms in total. The van der Waals surface area contributed by atoms with E-state index in [4.69, 9.17) is 21.1 Å². The Morgan fingerprint density at radius 1 is 1.21 bits per heavy atom. The Hall–Kier alpha value is -3.14. The molecule has 1 N–H and O–H groups in total. The first-order chi connectivity index (χ1) is 16.5. The van der Waals surface area contributed by atoms with Crippen molar-refractivity contribution in [3.63, 3.8) is 0 Å². The summed E-state index contributed by atoms with van der Waals surface area (Å²) in [6, 6.07) is 6.80. The van der Waals surface area contributed by atoms with E-state index in [1.807, 2.05) is 6.07 Å². The predicted octanol–water partition coefficient (Wildman–Crippen LogP) is 4.40. The SMILES string of the molecule is CCCn1nc(N[C@@H]2[C@@H]3CC[C@H]2CN(c2cnnc(OC)c2)C3)nc1Oc1ccc(F)c(Cl)c1. The minimum atomic E-state index is -0.491. The van der Waals surface area contributed by atoms with E-state index in [9.17, 15) is 4.39 Å². The molecule has 0 amide bonds. The number of ether oxygens (including phenoxy) is 2. The third-order valence-electron chi connectivity index (χ3n) is 6.49. The molecular formula is C23H27ClFN7O2. The number of hydrogen-bond acceptors (Lipinski definition) is 8. The van der Waals surface area contributed by atoms with Gasteiger partial charge >= 0.3 is 6.01 Å². The minimum absolute atomic E-state index is 0.00255. The first-order valence-electron chi connectivity index (χ1n) is 11.5. The van der Waals surface area contributed by atoms with Gasteiger partial charge in [0, 0.05) is 37.8 Å². The van der Waals surface area contributed by atoms with Crippen molar-refractivity contribution >= 4 is 23.2 Å². The van der Waals surface area contributed by atoms with Crippen molar-refractivity contribution in [3.05, 3.63) is 41.3 Å². The van der Waals surface area contributed by atoms with E-state index in [0.717, 1.165) is 38.0 Å². The largest absolute Gasteiger partial charge is 0.480 e. The quantitative estimate of drug-likeness (QED) is 0.500. The van der Waals surface area contributed by atoms with Crippen molar-refractivity contribution in [1.29, 1.82) is 0 Å². The maximum absolute atomic E-state index is 13.5. The molecule has 180 valence electrons. The highest BCUT2D eigenvalue weighted by Crippen LogP contribution is 2.40. The molecular weight excluding hydrogens is 461 g/mol. The van der Waals surface area contributed by atoms with Crippen LogP contribution in [-0.2, 0) is 6.54 Å². The summed E-state index contributed by atoms with van der Waals surface area (Å²) in [6.45, 7) is 4.54. The lowest BCUT2D eigenvalue weighted by atomic mass is 9.92. The molecule has 2 aliphatic rings. The molecule has 2 aromatic heterocycles. The number of aryl methyl sites for hydroxylation is 1. The van der Waals surface area contributed by atoms with E-state index in [0.29, 0.717) is 42.0 Å². The topological polar surface area (TPSA) is 90.2 Å². The molecule has 1 aliphatic heterocycles. The van der Waals surface area contributed by atoms with Gasteiger partial charge < -0.3 is 19.7 Å². The molecule has 1 saturated carbocycles. The monoisotopic (exact) mass is 487 g/mol. The summed E-state index contributed by atoms with van der Waals surface area (Å²) < 4.78 is 26.4. The zero-order valence-electron chi connectivity index (χ0n) is 19.1. The number of nitrogens with zero attached hydrogens (tertiary/aromatic N) is 6. The molecule has 0 unspecified atom stereocenters. The summed E-state index contributed by atoms with van der Waals surface area (Å²) >= 11 is 5.90. The van der Waals surface area contributed by atoms with Crippen molar-refractivity contribution < 1.29 is 13.9 Å². The number of hydrogen-bond donors (Lipinski definition) is 1. The molecule has 1 aliphatic carbocycles. The predicted molar refractivity (Wildman–Crippen MR) is 126 cm³/mol. The minimum Gasteiger partial charge on any atom is -0.480 e. The first-order valence-corrected chi connectivity index (χ1v) is 11.9. The second-order valence-corrected chi connectivity index (χ2v) is 9.16. The van der Waals surface area contributed by atoms with Gasteiger partial charge in [0.25, 0.3) is 0 Å². The fourth-order valence-corrected chi connectivity index (χ4v) is 5.07. The third-order valence-corrected chi connectivity index (χ3v) is 6.78. The molecule has 0 radical (unpaired) electrons. The number of anilines is 2. The van der Waals surface area contributed by atoms with Gasteiger partial charge in [-0.2, -0.15) is 10.1 Å². The van der Waals surface area contributed by atoms with Crippen LogP contribution in [0.2, 0.25) is 5.02 Å². The summed E-state index contributed by atoms with van der Waals surface area (Å²) in [5.74, 6) is 1.89. The van der Waals surface area contributed by atoms with Crippen LogP contribution < -0.4 is 19.7 Å². The van der Waals surface area contributed by atoms with E-state index in [1.165, 1.54) is 18.2 Å². The number of rotatable bonds is 8. The van der Waals surface area contributed by atoms with Crippen molar-refractivity contribution in [2.45, 2.75) is 38.8 Å². The molecule has 1 saturated heterocycles. The fourth-order valence-electron chi connectivity index (χ4n) is 4.90. The fraction of sp³-hybridized carbons (Fsp3) is 0.478. The summed E-state index contributed by atoms with van der Waals surface area (Å²) in [6.07, 6.45) is 4.94. The maximum Gasteiger partial charge on any atom is 0.322 e. The number of nitrogens with one attached hydrogen (secondary N) is 1. The Balaban J connectivity index is 1.30. The highest BCUT2D eigenvalue weighted by Gasteiger charge is 2.42. The normalized spacial score (nSPS) is 21.5. The van der Waals surface area contributed by atoms with Gasteiger partial charge in [-0.15, -0.1) is 10.2 Å². The summed E-state index contributed by atoms with van der Waals surface area (Å²) in [5, 5.41) is 16.3. The second-order valence-electron chi connectivity index (χ2n) is 8.75. The van der Waals surface area contributed by atoms with Crippen molar-refractivity contribution in [3.8, 4) is 17.6 Å². The summed E-state index contributed by atoms with van der Waals surface area (Å²) in [7, 11) is 1.60. The van der Waals surface area contributed by atoms with Gasteiger partial charge in [0.1, 0.15) is 11.6 Å². The van der Waals surface area contributed by atoms with Gasteiger partial charge in [0.15, 0.2) is 0 Å². The van der Waals surface area contributed by atoms with Crippen molar-refractivity contribution in [2.75, 3.05) is 30.4 Å². The van der Waals surface area contributed by atoms with Crippen LogP contribution in [0.15, 0.2) is 30.5 Å². The van der Waals surface area contributed by atoms with Crippen molar-refractivity contribution in [1.82, 2.24) is 25.0 Å². The lowest BCUT2D eigenvalue weighted by molar-refractivity contribution is 0.372. The summed E-state index contributed by atoms with van der Waals surface area (Å²) in [4.78, 5) is 6.95. The Morgan fingerprint density at radius 3 is 2.71 bits per heavy atom. The van der Waals surface area contributed by atoms with Crippen LogP contribution in [0.1, 0.15) is 26.2 Å². The number of halogens is 2. The molecule has 2 bridgehead atoms. The number of benzene rings is 1. The van der Waals surface area contributed by atoms with Gasteiger partial charge in [-0.3, -0.25) is 0 Å². The molecule has 1 aromatic carbocycles. The third kappa shape index (κ3) is 4.59. The molecule has 3 atom stereocenters. The molecule has 2 fully saturated rings. The van der Waals surface area contributed by atoms with Gasteiger partial charge in [-0.25, -0.2) is 9.07 Å². The molecule has 3 aromatic rings. The van der Waals surface area contributed by atoms with Gasteiger partial charge in [-0.05, 0) is 43.2 Å². The Morgan fingerprint density at radius 2 is 2.00 bits per heavy atom. The number of fused-ring (bicyclic) bond motifs is 2. The molecule has 11 heteroatoms. The second kappa shape index (κ2) is 9.61. The van der Waals surface area contributed by atoms with Crippen LogP contribution in [0, 0.1) is 17.7 Å². The lowest BCUT2D eigenvalue weighted by Crippen LogP contribution is -2.48. The van der Waals surface area contributed by atoms with Crippen LogP contribution in [0.4, 0.5) is 16.0 Å². The highest BCUT2D eigenvalue weighted by molar-refractivity contribution is 6.30. The standard InChI is InChI=1S/C23H27ClFN7O2/c1-3-8-32-23(34-17-6-7-19(25)18(24)10-17)28-22(30-32)27-21-14-4-5-15(21)13-31(12-14)16-9-20(33-2)29-26-11-16/h6-7,9-11,14-15,21H,3-5,8,12-13H2,1-2H3,(H,27,30)/t14-,15+,21-. The number of methoxy groups -OCH3 is 1. The highest BCUT2D eigenvalue weighted by atomic mass is 35.5. The van der Waals surface area contributed by atoms with Crippen LogP contribution in [0.5, 0.6) is 17.6 Å². The smallest absolute Gasteiger partial charge is 0.322 e. The Kier molecular flexibility index (Phi) is 6.40. The zero-order valence-corrected chi connectivity index (χ0v) is 19.9. The first kappa shape index (κ1) is 22.6. The molecule has 3 heterocycles. The van der Waals surface area contributed by atoms with Gasteiger partial charge in [0.2, 0.25) is 11.8 Å². The number of aromatic nitrogens is 5. The van der Waals surface area contributed by atoms with Crippen LogP contribution in [-0.4, -0.2) is 51.2 Å². The van der Waals surface area contributed by atoms with E-state index in [-0.39, 0.29) is 11.1 Å². The van der Waals surface area contributed by atoms with E-state index < -0.39 is 5.82 Å². The molecule has 34 heavy (non-hydrogen) atoms. The average molecular weight is 488 g/mol. The summed E-state index contributed by atoms with van der Waals surface area (Å²) in [5.41, 5.74) is 1.03. The maximum atomic E-state index is 13.5. The van der Waals surface area contributed by atoms with E-state index >= 15 is 0 Å². The number of piperidine rings is 1. The van der Waals surface area contributed by atoms with E-state index in [1.54, 1.807) is 18.0 Å². The van der Waals surface area contributed by atoms with Crippen LogP contribution in [0.25, 0.3) is 0 Å².